The van der Waals surface area contributed by atoms with E-state index in [1.807, 2.05) is 0 Å². The smallest absolute Gasteiger partial charge is 0.246 e. The first-order valence-corrected chi connectivity index (χ1v) is 16.4. The second kappa shape index (κ2) is 14.2. The SMILES string of the molecule is CN(C)C(c1ccccc1)C1CCC(CNC(=O)COC2CCCN(S(=O)(=O)c3c(Cl)cc(Cl)cc3Cl)C2)CC1. The number of nitrogens with one attached hydrogen (secondary N) is 1. The van der Waals surface area contributed by atoms with E-state index >= 15 is 0 Å². The van der Waals surface area contributed by atoms with Crippen LogP contribution in [0, 0.1) is 11.8 Å². The van der Waals surface area contributed by atoms with Crippen molar-refractivity contribution in [2.75, 3.05) is 40.3 Å². The number of carbonyl (C=O) groups is 1. The van der Waals surface area contributed by atoms with Crippen LogP contribution in [0.5, 0.6) is 0 Å². The van der Waals surface area contributed by atoms with Gasteiger partial charge in [0.1, 0.15) is 11.5 Å². The van der Waals surface area contributed by atoms with Gasteiger partial charge in [0.2, 0.25) is 15.9 Å². The van der Waals surface area contributed by atoms with Gasteiger partial charge < -0.3 is 15.0 Å². The topological polar surface area (TPSA) is 79.0 Å². The van der Waals surface area contributed by atoms with E-state index in [0.717, 1.165) is 25.7 Å². The van der Waals surface area contributed by atoms with Crippen LogP contribution in [0.2, 0.25) is 15.1 Å². The molecule has 1 N–H and O–H groups in total. The Morgan fingerprint density at radius 3 is 2.33 bits per heavy atom. The summed E-state index contributed by atoms with van der Waals surface area (Å²) in [6, 6.07) is 13.8. The fraction of sp³-hybridized carbons (Fsp3) is 0.552. The van der Waals surface area contributed by atoms with Gasteiger partial charge in [0.25, 0.3) is 0 Å². The Morgan fingerprint density at radius 2 is 1.70 bits per heavy atom. The number of amides is 1. The van der Waals surface area contributed by atoms with Crippen molar-refractivity contribution >= 4 is 50.7 Å². The molecule has 2 unspecified atom stereocenters. The van der Waals surface area contributed by atoms with Gasteiger partial charge in [0.05, 0.1) is 16.1 Å². The molecule has 11 heteroatoms. The number of piperidine rings is 1. The maximum atomic E-state index is 13.3. The van der Waals surface area contributed by atoms with E-state index in [1.165, 1.54) is 22.0 Å². The van der Waals surface area contributed by atoms with E-state index in [9.17, 15) is 13.2 Å². The van der Waals surface area contributed by atoms with Crippen LogP contribution in [-0.4, -0.2) is 70.0 Å². The minimum Gasteiger partial charge on any atom is -0.367 e. The second-order valence-electron chi connectivity index (χ2n) is 11.0. The van der Waals surface area contributed by atoms with E-state index in [2.05, 4.69) is 54.6 Å². The molecule has 0 radical (unpaired) electrons. The Bertz CT molecular complexity index is 1230. The van der Waals surface area contributed by atoms with Gasteiger partial charge in [-0.15, -0.1) is 0 Å². The Kier molecular flexibility index (Phi) is 11.2. The Labute approximate surface area is 253 Å². The molecule has 2 aromatic rings. The minimum absolute atomic E-state index is 0.0220. The third-order valence-electron chi connectivity index (χ3n) is 7.98. The highest BCUT2D eigenvalue weighted by Crippen LogP contribution is 2.39. The molecule has 0 spiro atoms. The first-order chi connectivity index (χ1) is 19.1. The number of benzene rings is 2. The van der Waals surface area contributed by atoms with Crippen molar-refractivity contribution in [1.82, 2.24) is 14.5 Å². The number of hydrogen-bond acceptors (Lipinski definition) is 5. The fourth-order valence-electron chi connectivity index (χ4n) is 6.02. The molecule has 220 valence electrons. The van der Waals surface area contributed by atoms with Gasteiger partial charge in [-0.2, -0.15) is 4.31 Å². The summed E-state index contributed by atoms with van der Waals surface area (Å²) < 4.78 is 33.7. The summed E-state index contributed by atoms with van der Waals surface area (Å²) in [4.78, 5) is 14.7. The average Bonchev–Trinajstić information content (AvgIpc) is 2.91. The maximum Gasteiger partial charge on any atom is 0.246 e. The van der Waals surface area contributed by atoms with Crippen molar-refractivity contribution in [1.29, 1.82) is 0 Å². The first-order valence-electron chi connectivity index (χ1n) is 13.8. The minimum atomic E-state index is -3.94. The fourth-order valence-corrected chi connectivity index (χ4v) is 9.02. The maximum absolute atomic E-state index is 13.3. The molecule has 40 heavy (non-hydrogen) atoms. The Hall–Kier alpha value is -1.39. The van der Waals surface area contributed by atoms with E-state index < -0.39 is 16.1 Å². The van der Waals surface area contributed by atoms with Crippen LogP contribution in [0.3, 0.4) is 0 Å². The van der Waals surface area contributed by atoms with E-state index in [4.69, 9.17) is 39.5 Å². The lowest BCUT2D eigenvalue weighted by Gasteiger charge is -2.37. The lowest BCUT2D eigenvalue weighted by molar-refractivity contribution is -0.128. The van der Waals surface area contributed by atoms with Gasteiger partial charge in [-0.3, -0.25) is 4.79 Å². The standard InChI is InChI=1S/C29H38Cl3N3O4S/c1-34(2)28(21-7-4-3-5-8-21)22-12-10-20(11-13-22)17-33-27(36)19-39-24-9-6-14-35(18-24)40(37,38)29-25(31)15-23(30)16-26(29)32/h3-5,7-8,15-16,20,22,24,28H,6,9-14,17-19H2,1-2H3,(H,33,36). The zero-order valence-corrected chi connectivity index (χ0v) is 26.1. The monoisotopic (exact) mass is 629 g/mol. The zero-order chi connectivity index (χ0) is 28.9. The van der Waals surface area contributed by atoms with Crippen LogP contribution in [0.15, 0.2) is 47.4 Å². The molecule has 1 heterocycles. The number of carbonyl (C=O) groups excluding carboxylic acids is 1. The van der Waals surface area contributed by atoms with Crippen molar-refractivity contribution in [2.45, 2.75) is 55.6 Å². The molecular formula is C29H38Cl3N3O4S. The van der Waals surface area contributed by atoms with E-state index in [-0.39, 0.29) is 39.0 Å². The van der Waals surface area contributed by atoms with Crippen molar-refractivity contribution in [3.05, 3.63) is 63.1 Å². The molecule has 1 saturated heterocycles. The highest BCUT2D eigenvalue weighted by atomic mass is 35.5. The summed E-state index contributed by atoms with van der Waals surface area (Å²) in [6.45, 7) is 0.980. The summed E-state index contributed by atoms with van der Waals surface area (Å²) in [5.74, 6) is 0.861. The van der Waals surface area contributed by atoms with Crippen LogP contribution in [0.1, 0.15) is 50.1 Å². The van der Waals surface area contributed by atoms with E-state index in [0.29, 0.717) is 43.8 Å². The molecule has 2 aliphatic rings. The normalized spacial score (nSPS) is 23.2. The van der Waals surface area contributed by atoms with Gasteiger partial charge in [-0.05, 0) is 82.2 Å². The predicted octanol–water partition coefficient (Wildman–Crippen LogP) is 6.04. The highest BCUT2D eigenvalue weighted by molar-refractivity contribution is 7.89. The summed E-state index contributed by atoms with van der Waals surface area (Å²) in [6.07, 6.45) is 5.29. The average molecular weight is 631 g/mol. The van der Waals surface area contributed by atoms with Crippen molar-refractivity contribution < 1.29 is 17.9 Å². The van der Waals surface area contributed by atoms with Gasteiger partial charge in [0.15, 0.2) is 0 Å². The molecule has 4 rings (SSSR count). The molecule has 1 aliphatic heterocycles. The number of halogens is 3. The van der Waals surface area contributed by atoms with Crippen molar-refractivity contribution in [3.8, 4) is 0 Å². The molecule has 1 aliphatic carbocycles. The van der Waals surface area contributed by atoms with Crippen LogP contribution < -0.4 is 5.32 Å². The van der Waals surface area contributed by atoms with Gasteiger partial charge in [-0.1, -0.05) is 65.1 Å². The number of hydrogen-bond donors (Lipinski definition) is 1. The molecular weight excluding hydrogens is 593 g/mol. The summed E-state index contributed by atoms with van der Waals surface area (Å²) in [5.41, 5.74) is 1.36. The predicted molar refractivity (Wildman–Crippen MR) is 161 cm³/mol. The van der Waals surface area contributed by atoms with Gasteiger partial charge in [0, 0.05) is 30.7 Å². The van der Waals surface area contributed by atoms with Gasteiger partial charge in [-0.25, -0.2) is 8.42 Å². The Morgan fingerprint density at radius 1 is 1.05 bits per heavy atom. The third kappa shape index (κ3) is 7.91. The van der Waals surface area contributed by atoms with Crippen LogP contribution in [-0.2, 0) is 19.6 Å². The highest BCUT2D eigenvalue weighted by Gasteiger charge is 2.34. The van der Waals surface area contributed by atoms with Crippen molar-refractivity contribution in [2.24, 2.45) is 11.8 Å². The van der Waals surface area contributed by atoms with Crippen LogP contribution in [0.4, 0.5) is 0 Å². The quantitative estimate of drug-likeness (QED) is 0.346. The molecule has 2 fully saturated rings. The number of sulfonamides is 1. The molecule has 0 bridgehead atoms. The summed E-state index contributed by atoms with van der Waals surface area (Å²) >= 11 is 18.3. The number of nitrogens with zero attached hydrogens (tertiary/aromatic N) is 2. The molecule has 7 nitrogen and oxygen atoms in total. The third-order valence-corrected chi connectivity index (χ3v) is 11.0. The summed E-state index contributed by atoms with van der Waals surface area (Å²) in [7, 11) is 0.348. The lowest BCUT2D eigenvalue weighted by Crippen LogP contribution is -2.44. The largest absolute Gasteiger partial charge is 0.367 e. The molecule has 0 aromatic heterocycles. The van der Waals surface area contributed by atoms with Crippen molar-refractivity contribution in [3.63, 3.8) is 0 Å². The molecule has 2 aromatic carbocycles. The van der Waals surface area contributed by atoms with E-state index in [1.54, 1.807) is 0 Å². The second-order valence-corrected chi connectivity index (χ2v) is 14.2. The first kappa shape index (κ1) is 31.5. The lowest BCUT2D eigenvalue weighted by atomic mass is 9.76. The number of ether oxygens (including phenoxy) is 1. The van der Waals surface area contributed by atoms with Crippen LogP contribution >= 0.6 is 34.8 Å². The zero-order valence-electron chi connectivity index (χ0n) is 23.0. The summed E-state index contributed by atoms with van der Waals surface area (Å²) in [5, 5.41) is 3.24. The van der Waals surface area contributed by atoms with Crippen LogP contribution in [0.25, 0.3) is 0 Å². The Balaban J connectivity index is 1.22. The molecule has 1 saturated carbocycles. The number of rotatable bonds is 10. The molecule has 1 amide bonds. The van der Waals surface area contributed by atoms with Gasteiger partial charge >= 0.3 is 0 Å². The molecule has 2 atom stereocenters.